The number of likely N-dealkylation sites (N-methyl/N-ethyl adjacent to an activating group) is 1. The highest BCUT2D eigenvalue weighted by atomic mass is 32.2. The predicted octanol–water partition coefficient (Wildman–Crippen LogP) is 2.23. The first-order valence-electron chi connectivity index (χ1n) is 6.86. The van der Waals surface area contributed by atoms with Gasteiger partial charge in [0, 0.05) is 36.6 Å². The number of benzene rings is 1. The molecule has 1 fully saturated rings. The van der Waals surface area contributed by atoms with Gasteiger partial charge in [-0.25, -0.2) is 0 Å². The molecule has 1 aromatic carbocycles. The van der Waals surface area contributed by atoms with Gasteiger partial charge in [0.05, 0.1) is 6.54 Å². The molecule has 0 aromatic heterocycles. The predicted molar refractivity (Wildman–Crippen MR) is 81.1 cm³/mol. The minimum absolute atomic E-state index is 0.234. The Kier molecular flexibility index (Phi) is 5.43. The van der Waals surface area contributed by atoms with Crippen LogP contribution in [0.3, 0.4) is 0 Å². The number of thioether (sulfide) groups is 1. The first kappa shape index (κ1) is 14.6. The number of hydrogen-bond donors (Lipinski definition) is 0. The van der Waals surface area contributed by atoms with Crippen molar-refractivity contribution < 1.29 is 4.79 Å². The molecule has 0 aliphatic carbocycles. The van der Waals surface area contributed by atoms with Crippen LogP contribution in [0.25, 0.3) is 0 Å². The minimum Gasteiger partial charge on any atom is -0.304 e. The Morgan fingerprint density at radius 3 is 2.37 bits per heavy atom. The van der Waals surface area contributed by atoms with E-state index in [4.69, 9.17) is 0 Å². The highest BCUT2D eigenvalue weighted by Gasteiger charge is 2.17. The molecule has 4 heteroatoms. The average molecular weight is 278 g/mol. The second kappa shape index (κ2) is 7.08. The van der Waals surface area contributed by atoms with Gasteiger partial charge < -0.3 is 4.90 Å². The molecule has 3 nitrogen and oxygen atoms in total. The zero-order valence-corrected chi connectivity index (χ0v) is 12.6. The van der Waals surface area contributed by atoms with E-state index in [0.717, 1.165) is 37.5 Å². The highest BCUT2D eigenvalue weighted by molar-refractivity contribution is 7.99. The van der Waals surface area contributed by atoms with Gasteiger partial charge in [0.15, 0.2) is 5.78 Å². The van der Waals surface area contributed by atoms with Crippen molar-refractivity contribution in [2.24, 2.45) is 0 Å². The minimum atomic E-state index is 0.234. The topological polar surface area (TPSA) is 23.6 Å². The summed E-state index contributed by atoms with van der Waals surface area (Å²) in [6.45, 7) is 6.78. The third kappa shape index (κ3) is 4.34. The van der Waals surface area contributed by atoms with Crippen molar-refractivity contribution in [1.82, 2.24) is 9.80 Å². The standard InChI is InChI=1S/C15H22N2OS/c1-3-19-14-6-4-13(5-7-14)15(18)12-17-10-8-16(2)9-11-17/h4-7H,3,8-12H2,1-2H3. The van der Waals surface area contributed by atoms with E-state index in [1.165, 1.54) is 4.90 Å². The fourth-order valence-corrected chi connectivity index (χ4v) is 2.87. The van der Waals surface area contributed by atoms with Gasteiger partial charge in [-0.15, -0.1) is 11.8 Å². The lowest BCUT2D eigenvalue weighted by Gasteiger charge is -2.31. The Morgan fingerprint density at radius 2 is 1.79 bits per heavy atom. The third-order valence-corrected chi connectivity index (χ3v) is 4.34. The summed E-state index contributed by atoms with van der Waals surface area (Å²) in [4.78, 5) is 18.0. The Morgan fingerprint density at radius 1 is 1.16 bits per heavy atom. The quantitative estimate of drug-likeness (QED) is 0.609. The fraction of sp³-hybridized carbons (Fsp3) is 0.533. The molecule has 104 valence electrons. The first-order valence-corrected chi connectivity index (χ1v) is 7.84. The van der Waals surface area contributed by atoms with E-state index in [0.29, 0.717) is 6.54 Å². The van der Waals surface area contributed by atoms with Crippen LogP contribution in [0, 0.1) is 0 Å². The summed E-state index contributed by atoms with van der Waals surface area (Å²) in [5.41, 5.74) is 0.833. The third-order valence-electron chi connectivity index (χ3n) is 3.45. The summed E-state index contributed by atoms with van der Waals surface area (Å²) in [6, 6.07) is 8.00. The molecule has 0 saturated carbocycles. The number of nitrogens with zero attached hydrogens (tertiary/aromatic N) is 2. The summed E-state index contributed by atoms with van der Waals surface area (Å²) in [6.07, 6.45) is 0. The molecular formula is C15H22N2OS. The molecule has 2 rings (SSSR count). The van der Waals surface area contributed by atoms with Gasteiger partial charge in [-0.1, -0.05) is 19.1 Å². The normalized spacial score (nSPS) is 17.6. The summed E-state index contributed by atoms with van der Waals surface area (Å²) in [5, 5.41) is 0. The zero-order valence-electron chi connectivity index (χ0n) is 11.8. The Balaban J connectivity index is 1.88. The van der Waals surface area contributed by atoms with Crippen LogP contribution in [0.1, 0.15) is 17.3 Å². The smallest absolute Gasteiger partial charge is 0.176 e. The van der Waals surface area contributed by atoms with Crippen LogP contribution in [-0.4, -0.2) is 61.1 Å². The highest BCUT2D eigenvalue weighted by Crippen LogP contribution is 2.18. The summed E-state index contributed by atoms with van der Waals surface area (Å²) in [5.74, 6) is 1.30. The molecule has 0 spiro atoms. The molecule has 19 heavy (non-hydrogen) atoms. The molecule has 0 amide bonds. The number of carbonyl (C=O) groups excluding carboxylic acids is 1. The van der Waals surface area contributed by atoms with Crippen molar-refractivity contribution in [2.75, 3.05) is 45.5 Å². The molecule has 0 radical (unpaired) electrons. The fourth-order valence-electron chi connectivity index (χ4n) is 2.20. The van der Waals surface area contributed by atoms with Crippen molar-refractivity contribution in [1.29, 1.82) is 0 Å². The summed E-state index contributed by atoms with van der Waals surface area (Å²) >= 11 is 1.80. The lowest BCUT2D eigenvalue weighted by Crippen LogP contribution is -2.46. The van der Waals surface area contributed by atoms with Crippen LogP contribution in [0.2, 0.25) is 0 Å². The van der Waals surface area contributed by atoms with Crippen LogP contribution in [-0.2, 0) is 0 Å². The van der Waals surface area contributed by atoms with E-state index in [-0.39, 0.29) is 5.78 Å². The molecule has 1 heterocycles. The Labute approximate surface area is 120 Å². The molecular weight excluding hydrogens is 256 g/mol. The Hall–Kier alpha value is -0.840. The van der Waals surface area contributed by atoms with E-state index in [9.17, 15) is 4.79 Å². The van der Waals surface area contributed by atoms with Crippen molar-refractivity contribution >= 4 is 17.5 Å². The van der Waals surface area contributed by atoms with Crippen molar-refractivity contribution in [2.45, 2.75) is 11.8 Å². The van der Waals surface area contributed by atoms with Crippen LogP contribution in [0.15, 0.2) is 29.2 Å². The molecule has 1 saturated heterocycles. The lowest BCUT2D eigenvalue weighted by atomic mass is 10.1. The van der Waals surface area contributed by atoms with Crippen LogP contribution in [0.5, 0.6) is 0 Å². The number of ketones is 1. The zero-order chi connectivity index (χ0) is 13.7. The number of piperazine rings is 1. The summed E-state index contributed by atoms with van der Waals surface area (Å²) in [7, 11) is 2.13. The van der Waals surface area contributed by atoms with Crippen LogP contribution >= 0.6 is 11.8 Å². The van der Waals surface area contributed by atoms with Gasteiger partial charge in [-0.05, 0) is 24.9 Å². The molecule has 0 unspecified atom stereocenters. The van der Waals surface area contributed by atoms with E-state index < -0.39 is 0 Å². The molecule has 1 aliphatic heterocycles. The van der Waals surface area contributed by atoms with Crippen molar-refractivity contribution in [3.63, 3.8) is 0 Å². The van der Waals surface area contributed by atoms with Crippen molar-refractivity contribution in [3.05, 3.63) is 29.8 Å². The number of Topliss-reactive ketones (excluding diaryl/α,β-unsaturated/α-hetero) is 1. The number of carbonyl (C=O) groups is 1. The second-order valence-corrected chi connectivity index (χ2v) is 6.30. The van der Waals surface area contributed by atoms with Gasteiger partial charge in [0.2, 0.25) is 0 Å². The number of rotatable bonds is 5. The lowest BCUT2D eigenvalue weighted by molar-refractivity contribution is 0.0876. The van der Waals surface area contributed by atoms with E-state index >= 15 is 0 Å². The molecule has 0 N–H and O–H groups in total. The van der Waals surface area contributed by atoms with Gasteiger partial charge >= 0.3 is 0 Å². The maximum atomic E-state index is 12.2. The van der Waals surface area contributed by atoms with Crippen LogP contribution < -0.4 is 0 Å². The van der Waals surface area contributed by atoms with Gasteiger partial charge in [0.25, 0.3) is 0 Å². The Bertz CT molecular complexity index is 411. The second-order valence-electron chi connectivity index (χ2n) is 4.96. The van der Waals surface area contributed by atoms with Gasteiger partial charge in [0.1, 0.15) is 0 Å². The van der Waals surface area contributed by atoms with E-state index in [1.807, 2.05) is 24.3 Å². The SMILES string of the molecule is CCSc1ccc(C(=O)CN2CCN(C)CC2)cc1. The largest absolute Gasteiger partial charge is 0.304 e. The number of hydrogen-bond acceptors (Lipinski definition) is 4. The average Bonchev–Trinajstić information content (AvgIpc) is 2.42. The van der Waals surface area contributed by atoms with Gasteiger partial charge in [-0.2, -0.15) is 0 Å². The van der Waals surface area contributed by atoms with Gasteiger partial charge in [-0.3, -0.25) is 9.69 Å². The molecule has 1 aliphatic rings. The first-order chi connectivity index (χ1) is 9.19. The molecule has 1 aromatic rings. The van der Waals surface area contributed by atoms with Crippen molar-refractivity contribution in [3.8, 4) is 0 Å². The van der Waals surface area contributed by atoms with Crippen LogP contribution in [0.4, 0.5) is 0 Å². The summed E-state index contributed by atoms with van der Waals surface area (Å²) < 4.78 is 0. The maximum absolute atomic E-state index is 12.2. The molecule has 0 atom stereocenters. The molecule has 0 bridgehead atoms. The maximum Gasteiger partial charge on any atom is 0.176 e. The monoisotopic (exact) mass is 278 g/mol. The van der Waals surface area contributed by atoms with E-state index in [1.54, 1.807) is 11.8 Å². The van der Waals surface area contributed by atoms with E-state index in [2.05, 4.69) is 23.8 Å².